The molecule has 0 bridgehead atoms. The summed E-state index contributed by atoms with van der Waals surface area (Å²) in [7, 11) is 0. The third kappa shape index (κ3) is 3.19. The molecule has 8 heteroatoms. The van der Waals surface area contributed by atoms with Gasteiger partial charge in [0.05, 0.1) is 18.7 Å². The van der Waals surface area contributed by atoms with E-state index in [-0.39, 0.29) is 24.5 Å². The molecule has 0 N–H and O–H groups in total. The van der Waals surface area contributed by atoms with Gasteiger partial charge in [-0.2, -0.15) is 10.2 Å². The maximum Gasteiger partial charge on any atom is 0.324 e. The molecule has 7 nitrogen and oxygen atoms in total. The van der Waals surface area contributed by atoms with Crippen LogP contribution in [0.1, 0.15) is 12.1 Å². The number of ether oxygens (including phenoxy) is 1. The van der Waals surface area contributed by atoms with Crippen molar-refractivity contribution in [2.45, 2.75) is 19.9 Å². The summed E-state index contributed by atoms with van der Waals surface area (Å²) in [6.07, 6.45) is 1.67. The van der Waals surface area contributed by atoms with Crippen LogP contribution in [0.2, 0.25) is 5.02 Å². The number of nitrogens with zero attached hydrogens (tertiary/aromatic N) is 5. The second-order valence-corrected chi connectivity index (χ2v) is 5.42. The van der Waals surface area contributed by atoms with E-state index in [0.717, 1.165) is 0 Å². The van der Waals surface area contributed by atoms with Crippen molar-refractivity contribution in [3.63, 3.8) is 0 Å². The van der Waals surface area contributed by atoms with E-state index < -0.39 is 0 Å². The Kier molecular flexibility index (Phi) is 4.40. The van der Waals surface area contributed by atoms with Crippen LogP contribution in [0.3, 0.4) is 0 Å². The zero-order chi connectivity index (χ0) is 17.1. The van der Waals surface area contributed by atoms with Crippen molar-refractivity contribution >= 4 is 22.8 Å². The Bertz CT molecular complexity index is 1010. The second kappa shape index (κ2) is 6.64. The normalized spacial score (nSPS) is 10.5. The standard InChI is InChI=1S/C16H12ClN5O2/c1-10-15(23)22(7-3-6-18)14-13(20-10)9-19-16(21-14)24-12-5-2-4-11(17)8-12/h2,4-5,8-9H,3,7H2,1H3. The van der Waals surface area contributed by atoms with Gasteiger partial charge in [0.15, 0.2) is 5.65 Å². The molecular weight excluding hydrogens is 330 g/mol. The summed E-state index contributed by atoms with van der Waals surface area (Å²) in [4.78, 5) is 24.8. The van der Waals surface area contributed by atoms with Gasteiger partial charge in [0.2, 0.25) is 0 Å². The summed E-state index contributed by atoms with van der Waals surface area (Å²) in [5.74, 6) is 0.479. The second-order valence-electron chi connectivity index (χ2n) is 4.98. The number of aryl methyl sites for hydroxylation is 2. The van der Waals surface area contributed by atoms with Crippen molar-refractivity contribution < 1.29 is 4.74 Å². The van der Waals surface area contributed by atoms with E-state index in [1.54, 1.807) is 31.2 Å². The first kappa shape index (κ1) is 15.9. The third-order valence-electron chi connectivity index (χ3n) is 3.28. The molecule has 0 saturated carbocycles. The van der Waals surface area contributed by atoms with Crippen LogP contribution in [-0.2, 0) is 6.54 Å². The number of hydrogen-bond donors (Lipinski definition) is 0. The maximum absolute atomic E-state index is 12.3. The molecule has 0 spiro atoms. The number of benzene rings is 1. The zero-order valence-electron chi connectivity index (χ0n) is 12.7. The monoisotopic (exact) mass is 341 g/mol. The molecule has 2 aromatic heterocycles. The van der Waals surface area contributed by atoms with E-state index in [4.69, 9.17) is 21.6 Å². The SMILES string of the molecule is Cc1nc2cnc(Oc3cccc(Cl)c3)nc2n(CCC#N)c1=O. The lowest BCUT2D eigenvalue weighted by molar-refractivity contribution is 0.442. The van der Waals surface area contributed by atoms with Crippen LogP contribution in [0.15, 0.2) is 35.3 Å². The number of fused-ring (bicyclic) bond motifs is 1. The highest BCUT2D eigenvalue weighted by Crippen LogP contribution is 2.22. The van der Waals surface area contributed by atoms with Crippen molar-refractivity contribution in [3.8, 4) is 17.8 Å². The summed E-state index contributed by atoms with van der Waals surface area (Å²) in [5, 5.41) is 9.31. The molecule has 3 aromatic rings. The Morgan fingerprint density at radius 1 is 1.38 bits per heavy atom. The van der Waals surface area contributed by atoms with Crippen molar-refractivity contribution in [1.82, 2.24) is 19.5 Å². The van der Waals surface area contributed by atoms with E-state index in [9.17, 15) is 4.79 Å². The Morgan fingerprint density at radius 2 is 2.21 bits per heavy atom. The number of aromatic nitrogens is 4. The molecule has 3 rings (SSSR count). The summed E-state index contributed by atoms with van der Waals surface area (Å²) >= 11 is 5.92. The van der Waals surface area contributed by atoms with Crippen molar-refractivity contribution in [2.24, 2.45) is 0 Å². The Morgan fingerprint density at radius 3 is 2.96 bits per heavy atom. The smallest absolute Gasteiger partial charge is 0.324 e. The molecule has 24 heavy (non-hydrogen) atoms. The number of rotatable bonds is 4. The summed E-state index contributed by atoms with van der Waals surface area (Å²) in [6.45, 7) is 1.84. The highest BCUT2D eigenvalue weighted by molar-refractivity contribution is 6.30. The van der Waals surface area contributed by atoms with Gasteiger partial charge in [-0.05, 0) is 25.1 Å². The van der Waals surface area contributed by atoms with Gasteiger partial charge in [-0.25, -0.2) is 9.97 Å². The first-order chi connectivity index (χ1) is 11.6. The minimum absolute atomic E-state index is 0.0699. The lowest BCUT2D eigenvalue weighted by Crippen LogP contribution is -2.25. The van der Waals surface area contributed by atoms with E-state index in [1.807, 2.05) is 6.07 Å². The fourth-order valence-corrected chi connectivity index (χ4v) is 2.38. The van der Waals surface area contributed by atoms with Crippen LogP contribution in [0.5, 0.6) is 11.8 Å². The fraction of sp³-hybridized carbons (Fsp3) is 0.188. The fourth-order valence-electron chi connectivity index (χ4n) is 2.20. The van der Waals surface area contributed by atoms with Gasteiger partial charge in [0.1, 0.15) is 17.0 Å². The quantitative estimate of drug-likeness (QED) is 0.724. The summed E-state index contributed by atoms with van der Waals surface area (Å²) in [5.41, 5.74) is 0.828. The summed E-state index contributed by atoms with van der Waals surface area (Å²) in [6, 6.07) is 8.90. The number of halogens is 1. The molecule has 0 amide bonds. The van der Waals surface area contributed by atoms with Gasteiger partial charge in [-0.1, -0.05) is 17.7 Å². The lowest BCUT2D eigenvalue weighted by Gasteiger charge is -2.10. The molecule has 120 valence electrons. The van der Waals surface area contributed by atoms with E-state index in [0.29, 0.717) is 27.6 Å². The average Bonchev–Trinajstić information content (AvgIpc) is 2.56. The topological polar surface area (TPSA) is 93.7 Å². The van der Waals surface area contributed by atoms with Gasteiger partial charge < -0.3 is 4.74 Å². The maximum atomic E-state index is 12.3. The predicted octanol–water partition coefficient (Wildman–Crippen LogP) is 2.85. The van der Waals surface area contributed by atoms with Gasteiger partial charge in [-0.3, -0.25) is 9.36 Å². The Labute approximate surface area is 142 Å². The van der Waals surface area contributed by atoms with Crippen LogP contribution in [0, 0.1) is 18.3 Å². The molecule has 0 aliphatic carbocycles. The molecule has 0 aliphatic rings. The minimum Gasteiger partial charge on any atom is -0.424 e. The van der Waals surface area contributed by atoms with Crippen LogP contribution in [0.4, 0.5) is 0 Å². The van der Waals surface area contributed by atoms with Gasteiger partial charge in [0.25, 0.3) is 5.56 Å². The molecule has 0 saturated heterocycles. The summed E-state index contributed by atoms with van der Waals surface area (Å²) < 4.78 is 6.99. The third-order valence-corrected chi connectivity index (χ3v) is 3.51. The van der Waals surface area contributed by atoms with Gasteiger partial charge in [-0.15, -0.1) is 0 Å². The average molecular weight is 342 g/mol. The Balaban J connectivity index is 2.07. The largest absolute Gasteiger partial charge is 0.424 e. The Hall–Kier alpha value is -2.98. The van der Waals surface area contributed by atoms with Crippen LogP contribution < -0.4 is 10.3 Å². The molecular formula is C16H12ClN5O2. The van der Waals surface area contributed by atoms with Crippen molar-refractivity contribution in [2.75, 3.05) is 0 Å². The highest BCUT2D eigenvalue weighted by atomic mass is 35.5. The van der Waals surface area contributed by atoms with Crippen molar-refractivity contribution in [1.29, 1.82) is 5.26 Å². The van der Waals surface area contributed by atoms with Crippen LogP contribution in [0.25, 0.3) is 11.2 Å². The first-order valence-corrected chi connectivity index (χ1v) is 7.51. The molecule has 1 aromatic carbocycles. The molecule has 0 aliphatic heterocycles. The van der Waals surface area contributed by atoms with Crippen LogP contribution in [-0.4, -0.2) is 19.5 Å². The van der Waals surface area contributed by atoms with E-state index in [1.165, 1.54) is 10.8 Å². The molecule has 2 heterocycles. The van der Waals surface area contributed by atoms with Crippen molar-refractivity contribution in [3.05, 3.63) is 51.5 Å². The first-order valence-electron chi connectivity index (χ1n) is 7.13. The minimum atomic E-state index is -0.287. The molecule has 0 unspecified atom stereocenters. The highest BCUT2D eigenvalue weighted by Gasteiger charge is 2.12. The molecule has 0 fully saturated rings. The molecule has 0 radical (unpaired) electrons. The number of nitriles is 1. The van der Waals surface area contributed by atoms with Gasteiger partial charge in [0, 0.05) is 11.6 Å². The molecule has 0 atom stereocenters. The van der Waals surface area contributed by atoms with Crippen LogP contribution >= 0.6 is 11.6 Å². The van der Waals surface area contributed by atoms with E-state index >= 15 is 0 Å². The van der Waals surface area contributed by atoms with Gasteiger partial charge >= 0.3 is 6.01 Å². The predicted molar refractivity (Wildman–Crippen MR) is 88.1 cm³/mol. The lowest BCUT2D eigenvalue weighted by atomic mass is 10.3. The number of hydrogen-bond acceptors (Lipinski definition) is 6. The zero-order valence-corrected chi connectivity index (χ0v) is 13.5. The van der Waals surface area contributed by atoms with E-state index in [2.05, 4.69) is 15.0 Å².